The van der Waals surface area contributed by atoms with E-state index < -0.39 is 0 Å². The van der Waals surface area contributed by atoms with Crippen LogP contribution in [-0.2, 0) is 17.6 Å². The van der Waals surface area contributed by atoms with Gasteiger partial charge in [-0.25, -0.2) is 10.4 Å². The predicted molar refractivity (Wildman–Crippen MR) is 154 cm³/mol. The van der Waals surface area contributed by atoms with Gasteiger partial charge in [-0.15, -0.1) is 11.3 Å². The maximum atomic E-state index is 13.8. The van der Waals surface area contributed by atoms with Crippen LogP contribution in [0.25, 0.3) is 15.9 Å². The Balaban J connectivity index is 1.39. The van der Waals surface area contributed by atoms with E-state index in [9.17, 15) is 14.7 Å². The van der Waals surface area contributed by atoms with Crippen molar-refractivity contribution in [2.45, 2.75) is 37.8 Å². The molecule has 11 heteroatoms. The molecule has 4 aromatic rings. The van der Waals surface area contributed by atoms with Crippen LogP contribution in [0.4, 0.5) is 0 Å². The minimum absolute atomic E-state index is 0.00839. The zero-order valence-electron chi connectivity index (χ0n) is 21.8. The molecule has 1 aliphatic rings. The minimum Gasteiger partial charge on any atom is -0.502 e. The SMILES string of the molecule is COc1cc(/C=N\NC(=O)CSc2nc3sc4c(c3c(=O)n2-c2ccc(C)cc2)CCCC4)cc(OC)c1O. The van der Waals surface area contributed by atoms with Gasteiger partial charge in [0.05, 0.1) is 37.3 Å². The van der Waals surface area contributed by atoms with Crippen LogP contribution in [-0.4, -0.2) is 46.8 Å². The number of nitrogens with one attached hydrogen (secondary N) is 1. The number of methoxy groups -OCH3 is 2. The van der Waals surface area contributed by atoms with Crippen LogP contribution in [0.5, 0.6) is 17.2 Å². The topological polar surface area (TPSA) is 115 Å². The van der Waals surface area contributed by atoms with Crippen molar-refractivity contribution < 1.29 is 19.4 Å². The van der Waals surface area contributed by atoms with Crippen LogP contribution >= 0.6 is 23.1 Å². The third kappa shape index (κ3) is 5.50. The molecule has 202 valence electrons. The number of phenols is 1. The normalized spacial score (nSPS) is 13.0. The standard InChI is InChI=1S/C28H28N4O5S2/c1-16-8-10-18(11-9-16)32-27(35)24-19-6-4-5-7-22(19)39-26(24)30-28(32)38-15-23(33)31-29-14-17-12-20(36-2)25(34)21(13-17)37-3/h8-14,34H,4-7,15H2,1-3H3,(H,31,33)/b29-14-. The molecular formula is C28H28N4O5S2. The quantitative estimate of drug-likeness (QED) is 0.139. The summed E-state index contributed by atoms with van der Waals surface area (Å²) in [5, 5.41) is 15.2. The average Bonchev–Trinajstić information content (AvgIpc) is 3.32. The lowest BCUT2D eigenvalue weighted by atomic mass is 9.97. The number of hydrazone groups is 1. The number of ether oxygens (including phenoxy) is 2. The van der Waals surface area contributed by atoms with E-state index in [-0.39, 0.29) is 34.5 Å². The first kappa shape index (κ1) is 26.8. The highest BCUT2D eigenvalue weighted by molar-refractivity contribution is 7.99. The van der Waals surface area contributed by atoms with Crippen molar-refractivity contribution >= 4 is 45.4 Å². The molecule has 2 aromatic heterocycles. The van der Waals surface area contributed by atoms with Gasteiger partial charge in [0.15, 0.2) is 16.7 Å². The number of hydrogen-bond acceptors (Lipinski definition) is 9. The second-order valence-corrected chi connectivity index (χ2v) is 11.1. The Kier molecular flexibility index (Phi) is 7.89. The van der Waals surface area contributed by atoms with Gasteiger partial charge in [-0.2, -0.15) is 5.10 Å². The average molecular weight is 565 g/mol. The number of phenolic OH excluding ortho intramolecular Hbond substituents is 1. The van der Waals surface area contributed by atoms with Crippen LogP contribution in [0, 0.1) is 6.92 Å². The molecule has 0 fully saturated rings. The number of amides is 1. The largest absolute Gasteiger partial charge is 0.502 e. The summed E-state index contributed by atoms with van der Waals surface area (Å²) in [6.45, 7) is 1.99. The Morgan fingerprint density at radius 3 is 2.56 bits per heavy atom. The van der Waals surface area contributed by atoms with Gasteiger partial charge >= 0.3 is 0 Å². The number of thioether (sulfide) groups is 1. The Morgan fingerprint density at radius 1 is 1.18 bits per heavy atom. The van der Waals surface area contributed by atoms with Gasteiger partial charge in [0.2, 0.25) is 5.75 Å². The van der Waals surface area contributed by atoms with Crippen molar-refractivity contribution in [1.29, 1.82) is 0 Å². The van der Waals surface area contributed by atoms with Crippen LogP contribution in [0.1, 0.15) is 34.4 Å². The molecule has 2 heterocycles. The van der Waals surface area contributed by atoms with Gasteiger partial charge in [0.25, 0.3) is 11.5 Å². The number of carbonyl (C=O) groups excluding carboxylic acids is 1. The number of carbonyl (C=O) groups is 1. The molecule has 0 unspecified atom stereocenters. The Morgan fingerprint density at radius 2 is 1.87 bits per heavy atom. The molecule has 0 atom stereocenters. The second kappa shape index (κ2) is 11.5. The fraction of sp³-hybridized carbons (Fsp3) is 0.286. The Labute approximate surface area is 233 Å². The van der Waals surface area contributed by atoms with Gasteiger partial charge < -0.3 is 14.6 Å². The highest BCUT2D eigenvalue weighted by Crippen LogP contribution is 2.37. The Hall–Kier alpha value is -3.83. The first-order valence-electron chi connectivity index (χ1n) is 12.4. The van der Waals surface area contributed by atoms with Crippen molar-refractivity contribution in [3.05, 3.63) is 68.3 Å². The number of fused-ring (bicyclic) bond motifs is 3. The van der Waals surface area contributed by atoms with E-state index >= 15 is 0 Å². The van der Waals surface area contributed by atoms with E-state index in [2.05, 4.69) is 10.5 Å². The summed E-state index contributed by atoms with van der Waals surface area (Å²) in [5.41, 5.74) is 5.90. The summed E-state index contributed by atoms with van der Waals surface area (Å²) in [7, 11) is 2.86. The van der Waals surface area contributed by atoms with Crippen molar-refractivity contribution in [2.75, 3.05) is 20.0 Å². The fourth-order valence-electron chi connectivity index (χ4n) is 4.53. The molecule has 2 aromatic carbocycles. The molecule has 1 aliphatic carbocycles. The third-order valence-corrected chi connectivity index (χ3v) is 8.61. The third-order valence-electron chi connectivity index (χ3n) is 6.49. The number of aromatic nitrogens is 2. The van der Waals surface area contributed by atoms with E-state index in [1.165, 1.54) is 37.1 Å². The summed E-state index contributed by atoms with van der Waals surface area (Å²) < 4.78 is 11.9. The molecule has 39 heavy (non-hydrogen) atoms. The molecule has 1 amide bonds. The van der Waals surface area contributed by atoms with Crippen LogP contribution in [0.15, 0.2) is 51.5 Å². The van der Waals surface area contributed by atoms with Gasteiger partial charge in [-0.1, -0.05) is 29.5 Å². The zero-order valence-corrected chi connectivity index (χ0v) is 23.4. The minimum atomic E-state index is -0.357. The maximum Gasteiger partial charge on any atom is 0.267 e. The molecule has 9 nitrogen and oxygen atoms in total. The summed E-state index contributed by atoms with van der Waals surface area (Å²) in [6.07, 6.45) is 5.49. The molecule has 0 saturated heterocycles. The summed E-state index contributed by atoms with van der Waals surface area (Å²) in [4.78, 5) is 33.3. The van der Waals surface area contributed by atoms with Gasteiger partial charge in [-0.3, -0.25) is 14.2 Å². The molecular weight excluding hydrogens is 536 g/mol. The highest BCUT2D eigenvalue weighted by Gasteiger charge is 2.23. The molecule has 0 aliphatic heterocycles. The summed E-state index contributed by atoms with van der Waals surface area (Å²) >= 11 is 2.78. The number of hydrogen-bond donors (Lipinski definition) is 2. The van der Waals surface area contributed by atoms with Crippen LogP contribution in [0.3, 0.4) is 0 Å². The molecule has 0 radical (unpaired) electrons. The molecule has 2 N–H and O–H groups in total. The van der Waals surface area contributed by atoms with Crippen molar-refractivity contribution in [1.82, 2.24) is 15.0 Å². The highest BCUT2D eigenvalue weighted by atomic mass is 32.2. The number of benzene rings is 2. The first-order valence-corrected chi connectivity index (χ1v) is 14.2. The van der Waals surface area contributed by atoms with E-state index in [4.69, 9.17) is 14.5 Å². The molecule has 5 rings (SSSR count). The molecule has 0 bridgehead atoms. The second-order valence-electron chi connectivity index (χ2n) is 9.12. The van der Waals surface area contributed by atoms with Gasteiger partial charge in [0.1, 0.15) is 4.83 Å². The summed E-state index contributed by atoms with van der Waals surface area (Å²) in [5.74, 6) is -0.0152. The summed E-state index contributed by atoms with van der Waals surface area (Å²) in [6, 6.07) is 10.9. The number of rotatable bonds is 8. The number of thiophene rings is 1. The van der Waals surface area contributed by atoms with Crippen molar-refractivity contribution in [3.8, 4) is 22.9 Å². The Bertz CT molecular complexity index is 1600. The van der Waals surface area contributed by atoms with Crippen molar-refractivity contribution in [3.63, 3.8) is 0 Å². The van der Waals surface area contributed by atoms with Crippen LogP contribution in [0.2, 0.25) is 0 Å². The van der Waals surface area contributed by atoms with E-state index in [0.717, 1.165) is 41.6 Å². The smallest absolute Gasteiger partial charge is 0.267 e. The van der Waals surface area contributed by atoms with Crippen LogP contribution < -0.4 is 20.5 Å². The lowest BCUT2D eigenvalue weighted by molar-refractivity contribution is -0.118. The van der Waals surface area contributed by atoms with Gasteiger partial charge in [0, 0.05) is 10.4 Å². The van der Waals surface area contributed by atoms with Gasteiger partial charge in [-0.05, 0) is 62.4 Å². The van der Waals surface area contributed by atoms with E-state index in [1.54, 1.807) is 28.0 Å². The zero-order chi connectivity index (χ0) is 27.5. The first-order chi connectivity index (χ1) is 18.9. The van der Waals surface area contributed by atoms with E-state index in [0.29, 0.717) is 21.8 Å². The fourth-order valence-corrected chi connectivity index (χ4v) is 6.64. The monoisotopic (exact) mass is 564 g/mol. The molecule has 0 spiro atoms. The number of aromatic hydroxyl groups is 1. The lowest BCUT2D eigenvalue weighted by Gasteiger charge is -2.13. The molecule has 0 saturated carbocycles. The number of aryl methyl sites for hydroxylation is 3. The predicted octanol–water partition coefficient (Wildman–Crippen LogP) is 4.60. The van der Waals surface area contributed by atoms with Crippen molar-refractivity contribution in [2.24, 2.45) is 5.10 Å². The number of nitrogens with zero attached hydrogens (tertiary/aromatic N) is 3. The lowest BCUT2D eigenvalue weighted by Crippen LogP contribution is -2.24. The van der Waals surface area contributed by atoms with E-state index in [1.807, 2.05) is 31.2 Å². The maximum absolute atomic E-state index is 13.8.